The minimum Gasteiger partial charge on any atom is -0.378 e. The van der Waals surface area contributed by atoms with Crippen LogP contribution in [0.2, 0.25) is 0 Å². The number of aliphatic imine (C=N–C) groups is 2. The van der Waals surface area contributed by atoms with Crippen LogP contribution in [0.3, 0.4) is 0 Å². The number of ether oxygens (including phenoxy) is 1. The predicted octanol–water partition coefficient (Wildman–Crippen LogP) is 2.85. The van der Waals surface area contributed by atoms with Crippen molar-refractivity contribution in [3.8, 4) is 0 Å². The molecular formula is C17H24N4OS. The van der Waals surface area contributed by atoms with Crippen molar-refractivity contribution in [3.05, 3.63) is 24.3 Å². The lowest BCUT2D eigenvalue weighted by molar-refractivity contribution is 0.0676. The number of hydrogen-bond donors (Lipinski definition) is 0. The maximum absolute atomic E-state index is 5.46. The highest BCUT2D eigenvalue weighted by atomic mass is 32.2. The summed E-state index contributed by atoms with van der Waals surface area (Å²) in [6.07, 6.45) is 4.29. The number of nitrogens with zero attached hydrogens (tertiary/aromatic N) is 4. The van der Waals surface area contributed by atoms with E-state index in [4.69, 9.17) is 14.7 Å². The number of hydrogen-bond acceptors (Lipinski definition) is 3. The minimum atomic E-state index is 0.741. The molecule has 0 aliphatic carbocycles. The maximum atomic E-state index is 5.46. The molecule has 0 radical (unpaired) electrons. The maximum Gasteiger partial charge on any atom is 0.227 e. The summed E-state index contributed by atoms with van der Waals surface area (Å²) in [6.45, 7) is 4.26. The molecule has 1 aromatic carbocycles. The van der Waals surface area contributed by atoms with Crippen molar-refractivity contribution in [2.45, 2.75) is 17.7 Å². The average Bonchev–Trinajstić information content (AvgIpc) is 3.00. The monoisotopic (exact) mass is 332 g/mol. The van der Waals surface area contributed by atoms with Crippen LogP contribution in [0.4, 0.5) is 5.69 Å². The molecule has 124 valence electrons. The fraction of sp³-hybridized carbons (Fsp3) is 0.529. The summed E-state index contributed by atoms with van der Waals surface area (Å²) >= 11 is 1.74. The Balaban J connectivity index is 1.87. The van der Waals surface area contributed by atoms with Crippen LogP contribution >= 0.6 is 11.8 Å². The van der Waals surface area contributed by atoms with Gasteiger partial charge in [0.25, 0.3) is 0 Å². The smallest absolute Gasteiger partial charge is 0.227 e. The predicted molar refractivity (Wildman–Crippen MR) is 97.0 cm³/mol. The first kappa shape index (κ1) is 16.3. The van der Waals surface area contributed by atoms with Crippen molar-refractivity contribution in [1.82, 2.24) is 9.80 Å². The molecule has 3 rings (SSSR count). The van der Waals surface area contributed by atoms with Gasteiger partial charge in [0.2, 0.25) is 5.96 Å². The van der Waals surface area contributed by atoms with E-state index in [-0.39, 0.29) is 0 Å². The topological polar surface area (TPSA) is 40.4 Å². The van der Waals surface area contributed by atoms with E-state index in [1.165, 1.54) is 11.3 Å². The first-order chi connectivity index (χ1) is 11.3. The third-order valence-corrected chi connectivity index (χ3v) is 4.90. The summed E-state index contributed by atoms with van der Waals surface area (Å²) in [5.41, 5.74) is 0.953. The normalized spacial score (nSPS) is 21.3. The first-order valence-corrected chi connectivity index (χ1v) is 9.33. The number of amidine groups is 1. The Kier molecular flexibility index (Phi) is 5.56. The van der Waals surface area contributed by atoms with Crippen molar-refractivity contribution in [2.75, 3.05) is 46.2 Å². The van der Waals surface area contributed by atoms with Gasteiger partial charge in [-0.05, 0) is 36.9 Å². The molecule has 5 nitrogen and oxygen atoms in total. The zero-order valence-electron chi connectivity index (χ0n) is 13.9. The van der Waals surface area contributed by atoms with E-state index >= 15 is 0 Å². The van der Waals surface area contributed by atoms with E-state index in [0.29, 0.717) is 0 Å². The number of thioether (sulfide) groups is 1. The van der Waals surface area contributed by atoms with Crippen LogP contribution in [0.25, 0.3) is 0 Å². The van der Waals surface area contributed by atoms with E-state index < -0.39 is 0 Å². The van der Waals surface area contributed by atoms with Crippen LogP contribution in [0.5, 0.6) is 0 Å². The summed E-state index contributed by atoms with van der Waals surface area (Å²) in [4.78, 5) is 15.4. The third-order valence-electron chi connectivity index (χ3n) is 4.16. The van der Waals surface area contributed by atoms with Gasteiger partial charge in [-0.1, -0.05) is 0 Å². The zero-order valence-corrected chi connectivity index (χ0v) is 14.7. The van der Waals surface area contributed by atoms with Crippen molar-refractivity contribution in [2.24, 2.45) is 9.98 Å². The standard InChI is InChI=1S/C17H24N4OS/c1-20-9-3-4-16(20)19-17(21-10-12-22-13-11-21)18-14-5-7-15(23-2)8-6-14/h5-8H,3-4,9-13H2,1-2H3/b18-17-,19-16-. The number of rotatable bonds is 2. The molecule has 23 heavy (non-hydrogen) atoms. The van der Waals surface area contributed by atoms with Crippen LogP contribution in [0.1, 0.15) is 12.8 Å². The van der Waals surface area contributed by atoms with Gasteiger partial charge in [-0.15, -0.1) is 11.8 Å². The summed E-state index contributed by atoms with van der Waals surface area (Å²) < 4.78 is 5.46. The molecule has 1 aromatic rings. The summed E-state index contributed by atoms with van der Waals surface area (Å²) in [7, 11) is 2.11. The molecule has 0 saturated carbocycles. The van der Waals surface area contributed by atoms with Crippen LogP contribution in [0.15, 0.2) is 39.1 Å². The quantitative estimate of drug-likeness (QED) is 0.474. The van der Waals surface area contributed by atoms with E-state index in [0.717, 1.165) is 56.8 Å². The van der Waals surface area contributed by atoms with Gasteiger partial charge in [0.05, 0.1) is 18.9 Å². The summed E-state index contributed by atoms with van der Waals surface area (Å²) in [5, 5.41) is 0. The number of guanidine groups is 1. The molecule has 0 aromatic heterocycles. The average molecular weight is 332 g/mol. The largest absolute Gasteiger partial charge is 0.378 e. The minimum absolute atomic E-state index is 0.741. The summed E-state index contributed by atoms with van der Waals surface area (Å²) in [6, 6.07) is 8.33. The highest BCUT2D eigenvalue weighted by Crippen LogP contribution is 2.21. The second-order valence-electron chi connectivity index (χ2n) is 5.76. The number of morpholine rings is 1. The van der Waals surface area contributed by atoms with Gasteiger partial charge in [0, 0.05) is 38.0 Å². The lowest BCUT2D eigenvalue weighted by atomic mass is 10.3. The fourth-order valence-electron chi connectivity index (χ4n) is 2.75. The van der Waals surface area contributed by atoms with Crippen LogP contribution in [-0.2, 0) is 4.74 Å². The van der Waals surface area contributed by atoms with Gasteiger partial charge in [-0.2, -0.15) is 4.99 Å². The van der Waals surface area contributed by atoms with E-state index in [9.17, 15) is 0 Å². The second kappa shape index (κ2) is 7.84. The van der Waals surface area contributed by atoms with Crippen LogP contribution in [-0.4, -0.2) is 67.7 Å². The van der Waals surface area contributed by atoms with E-state index in [2.05, 4.69) is 47.4 Å². The Morgan fingerprint density at radius 1 is 1.13 bits per heavy atom. The van der Waals surface area contributed by atoms with Gasteiger partial charge in [0.1, 0.15) is 5.84 Å². The Labute approximate surface area is 142 Å². The molecule has 0 spiro atoms. The number of likely N-dealkylation sites (tertiary alicyclic amines) is 1. The molecule has 2 aliphatic rings. The zero-order chi connectivity index (χ0) is 16.1. The van der Waals surface area contributed by atoms with Gasteiger partial charge in [-0.25, -0.2) is 4.99 Å². The molecule has 0 atom stereocenters. The van der Waals surface area contributed by atoms with E-state index in [1.807, 2.05) is 0 Å². The first-order valence-electron chi connectivity index (χ1n) is 8.10. The van der Waals surface area contributed by atoms with Crippen LogP contribution < -0.4 is 0 Å². The molecule has 0 amide bonds. The highest BCUT2D eigenvalue weighted by molar-refractivity contribution is 7.98. The van der Waals surface area contributed by atoms with Gasteiger partial charge in [0.15, 0.2) is 0 Å². The van der Waals surface area contributed by atoms with Crippen molar-refractivity contribution < 1.29 is 4.74 Å². The van der Waals surface area contributed by atoms with Crippen LogP contribution in [0, 0.1) is 0 Å². The Hall–Kier alpha value is -1.53. The molecule has 0 unspecified atom stereocenters. The SMILES string of the molecule is CSc1ccc(/N=C(/N=C2/CCCN2C)N2CCOCC2)cc1. The van der Waals surface area contributed by atoms with Crippen molar-refractivity contribution in [1.29, 1.82) is 0 Å². The van der Waals surface area contributed by atoms with Crippen molar-refractivity contribution in [3.63, 3.8) is 0 Å². The second-order valence-corrected chi connectivity index (χ2v) is 6.64. The Morgan fingerprint density at radius 3 is 2.48 bits per heavy atom. The Bertz CT molecular complexity index is 579. The molecular weight excluding hydrogens is 308 g/mol. The molecule has 6 heteroatoms. The van der Waals surface area contributed by atoms with Crippen molar-refractivity contribution >= 4 is 29.2 Å². The molecule has 2 aliphatic heterocycles. The number of benzene rings is 1. The highest BCUT2D eigenvalue weighted by Gasteiger charge is 2.19. The lowest BCUT2D eigenvalue weighted by Crippen LogP contribution is -2.40. The molecule has 2 fully saturated rings. The fourth-order valence-corrected chi connectivity index (χ4v) is 3.16. The lowest BCUT2D eigenvalue weighted by Gasteiger charge is -2.28. The van der Waals surface area contributed by atoms with Gasteiger partial charge >= 0.3 is 0 Å². The molecule has 0 bridgehead atoms. The molecule has 2 heterocycles. The molecule has 2 saturated heterocycles. The Morgan fingerprint density at radius 2 is 1.87 bits per heavy atom. The molecule has 0 N–H and O–H groups in total. The third kappa shape index (κ3) is 4.26. The van der Waals surface area contributed by atoms with E-state index in [1.54, 1.807) is 11.8 Å². The summed E-state index contributed by atoms with van der Waals surface area (Å²) in [5.74, 6) is 1.95. The van der Waals surface area contributed by atoms with Gasteiger partial charge in [-0.3, -0.25) is 0 Å². The van der Waals surface area contributed by atoms with Gasteiger partial charge < -0.3 is 14.5 Å².